The smallest absolute Gasteiger partial charge is 0.248 e. The third-order valence-corrected chi connectivity index (χ3v) is 4.37. The number of carbonyl (C=O) groups is 2. The highest BCUT2D eigenvalue weighted by atomic mass is 16.2. The van der Waals surface area contributed by atoms with Crippen LogP contribution in [0.4, 0.5) is 0 Å². The van der Waals surface area contributed by atoms with Gasteiger partial charge in [0.25, 0.3) is 0 Å². The number of nitrogens with one attached hydrogen (secondary N) is 1. The normalized spacial score (nSPS) is 21.6. The second kappa shape index (κ2) is 7.40. The Morgan fingerprint density at radius 2 is 2.00 bits per heavy atom. The Bertz CT molecular complexity index is 527. The van der Waals surface area contributed by atoms with E-state index < -0.39 is 5.91 Å². The number of benzene rings is 1. The van der Waals surface area contributed by atoms with Gasteiger partial charge >= 0.3 is 0 Å². The zero-order valence-electron chi connectivity index (χ0n) is 13.3. The summed E-state index contributed by atoms with van der Waals surface area (Å²) in [5, 5.41) is 3.56. The molecule has 1 aromatic rings. The van der Waals surface area contributed by atoms with Gasteiger partial charge in [-0.25, -0.2) is 0 Å². The van der Waals surface area contributed by atoms with Crippen LogP contribution < -0.4 is 11.1 Å². The van der Waals surface area contributed by atoms with Crippen molar-refractivity contribution in [3.63, 3.8) is 0 Å². The van der Waals surface area contributed by atoms with Gasteiger partial charge < -0.3 is 16.0 Å². The number of rotatable bonds is 5. The molecule has 0 aromatic heterocycles. The van der Waals surface area contributed by atoms with E-state index in [-0.39, 0.29) is 5.91 Å². The second-order valence-corrected chi connectivity index (χ2v) is 6.01. The molecule has 5 nitrogen and oxygen atoms in total. The highest BCUT2D eigenvalue weighted by molar-refractivity contribution is 5.92. The lowest BCUT2D eigenvalue weighted by Gasteiger charge is -2.37. The van der Waals surface area contributed by atoms with Crippen LogP contribution in [0.25, 0.3) is 0 Å². The van der Waals surface area contributed by atoms with E-state index in [9.17, 15) is 9.59 Å². The number of carbonyl (C=O) groups excluding carboxylic acids is 2. The fourth-order valence-corrected chi connectivity index (χ4v) is 2.93. The molecule has 120 valence electrons. The standard InChI is InChI=1S/C17H25N3O2/c1-3-16(21)20-9-8-15(12(2)11-20)19-10-13-4-6-14(7-5-13)17(18)22/h4-7,12,15,19H,3,8-11H2,1-2H3,(H2,18,22)/t12-,15-/m0/s1. The van der Waals surface area contributed by atoms with E-state index in [0.717, 1.165) is 31.6 Å². The molecule has 0 spiro atoms. The van der Waals surface area contributed by atoms with Crippen molar-refractivity contribution in [2.45, 2.75) is 39.3 Å². The minimum Gasteiger partial charge on any atom is -0.366 e. The van der Waals surface area contributed by atoms with Gasteiger partial charge in [0.15, 0.2) is 0 Å². The lowest BCUT2D eigenvalue weighted by atomic mass is 9.93. The van der Waals surface area contributed by atoms with Crippen molar-refractivity contribution >= 4 is 11.8 Å². The first-order chi connectivity index (χ1) is 10.5. The monoisotopic (exact) mass is 303 g/mol. The van der Waals surface area contributed by atoms with Crippen LogP contribution in [0.3, 0.4) is 0 Å². The van der Waals surface area contributed by atoms with Crippen LogP contribution in [0, 0.1) is 5.92 Å². The quantitative estimate of drug-likeness (QED) is 0.866. The van der Waals surface area contributed by atoms with E-state index >= 15 is 0 Å². The van der Waals surface area contributed by atoms with Crippen molar-refractivity contribution in [3.05, 3.63) is 35.4 Å². The molecule has 1 saturated heterocycles. The highest BCUT2D eigenvalue weighted by Gasteiger charge is 2.27. The van der Waals surface area contributed by atoms with Gasteiger partial charge in [-0.1, -0.05) is 26.0 Å². The molecule has 3 N–H and O–H groups in total. The molecule has 1 aliphatic rings. The summed E-state index contributed by atoms with van der Waals surface area (Å²) in [6.07, 6.45) is 1.56. The van der Waals surface area contributed by atoms with Crippen LogP contribution >= 0.6 is 0 Å². The van der Waals surface area contributed by atoms with Gasteiger partial charge in [-0.2, -0.15) is 0 Å². The number of hydrogen-bond acceptors (Lipinski definition) is 3. The van der Waals surface area contributed by atoms with E-state index in [1.165, 1.54) is 0 Å². The predicted octanol–water partition coefficient (Wildman–Crippen LogP) is 1.52. The van der Waals surface area contributed by atoms with Crippen molar-refractivity contribution in [2.75, 3.05) is 13.1 Å². The third kappa shape index (κ3) is 4.07. The van der Waals surface area contributed by atoms with Gasteiger partial charge in [0.2, 0.25) is 11.8 Å². The molecule has 1 aliphatic heterocycles. The molecular formula is C17H25N3O2. The number of piperidine rings is 1. The lowest BCUT2D eigenvalue weighted by Crippen LogP contribution is -2.49. The van der Waals surface area contributed by atoms with Gasteiger partial charge in [0.1, 0.15) is 0 Å². The SMILES string of the molecule is CCC(=O)N1CC[C@H](NCc2ccc(C(N)=O)cc2)[C@@H](C)C1. The Balaban J connectivity index is 1.84. The van der Waals surface area contributed by atoms with Crippen LogP contribution in [0.15, 0.2) is 24.3 Å². The molecule has 0 unspecified atom stereocenters. The maximum atomic E-state index is 11.8. The summed E-state index contributed by atoms with van der Waals surface area (Å²) in [4.78, 5) is 24.8. The zero-order valence-corrected chi connectivity index (χ0v) is 13.3. The minimum atomic E-state index is -0.402. The summed E-state index contributed by atoms with van der Waals surface area (Å²) in [6.45, 7) is 6.51. The molecule has 22 heavy (non-hydrogen) atoms. The van der Waals surface area contributed by atoms with Crippen LogP contribution in [-0.4, -0.2) is 35.8 Å². The predicted molar refractivity (Wildman–Crippen MR) is 86.2 cm³/mol. The van der Waals surface area contributed by atoms with Crippen LogP contribution in [0.2, 0.25) is 0 Å². The number of likely N-dealkylation sites (tertiary alicyclic amines) is 1. The number of hydrogen-bond donors (Lipinski definition) is 2. The van der Waals surface area contributed by atoms with Gasteiger partial charge in [-0.15, -0.1) is 0 Å². The van der Waals surface area contributed by atoms with Crippen molar-refractivity contribution in [3.8, 4) is 0 Å². The summed E-state index contributed by atoms with van der Waals surface area (Å²) in [6, 6.07) is 7.77. The molecule has 1 fully saturated rings. The first kappa shape index (κ1) is 16.5. The Hall–Kier alpha value is -1.88. The summed E-state index contributed by atoms with van der Waals surface area (Å²) < 4.78 is 0. The number of primary amides is 1. The fourth-order valence-electron chi connectivity index (χ4n) is 2.93. The molecule has 5 heteroatoms. The fraction of sp³-hybridized carbons (Fsp3) is 0.529. The molecule has 1 heterocycles. The van der Waals surface area contributed by atoms with Gasteiger partial charge in [-0.05, 0) is 30.0 Å². The first-order valence-corrected chi connectivity index (χ1v) is 7.91. The van der Waals surface area contributed by atoms with Crippen LogP contribution in [0.1, 0.15) is 42.6 Å². The Kier molecular flexibility index (Phi) is 5.55. The van der Waals surface area contributed by atoms with Crippen LogP contribution in [-0.2, 0) is 11.3 Å². The molecule has 1 aromatic carbocycles. The molecule has 0 saturated carbocycles. The van der Waals surface area contributed by atoms with Crippen LogP contribution in [0.5, 0.6) is 0 Å². The van der Waals surface area contributed by atoms with E-state index in [1.54, 1.807) is 12.1 Å². The zero-order chi connectivity index (χ0) is 16.1. The summed E-state index contributed by atoms with van der Waals surface area (Å²) in [5.74, 6) is 0.280. The maximum Gasteiger partial charge on any atom is 0.248 e. The third-order valence-electron chi connectivity index (χ3n) is 4.37. The van der Waals surface area contributed by atoms with E-state index in [0.29, 0.717) is 23.9 Å². The topological polar surface area (TPSA) is 75.4 Å². The minimum absolute atomic E-state index is 0.243. The molecule has 2 rings (SSSR count). The van der Waals surface area contributed by atoms with Crippen molar-refractivity contribution in [1.82, 2.24) is 10.2 Å². The molecule has 0 bridgehead atoms. The molecule has 0 aliphatic carbocycles. The van der Waals surface area contributed by atoms with E-state index in [2.05, 4.69) is 12.2 Å². The van der Waals surface area contributed by atoms with E-state index in [1.807, 2.05) is 24.0 Å². The number of amides is 2. The van der Waals surface area contributed by atoms with Gasteiger partial charge in [0.05, 0.1) is 0 Å². The van der Waals surface area contributed by atoms with Crippen molar-refractivity contribution in [1.29, 1.82) is 0 Å². The molecule has 2 atom stereocenters. The largest absolute Gasteiger partial charge is 0.366 e. The van der Waals surface area contributed by atoms with Crippen molar-refractivity contribution in [2.24, 2.45) is 11.7 Å². The Morgan fingerprint density at radius 1 is 1.32 bits per heavy atom. The average molecular weight is 303 g/mol. The van der Waals surface area contributed by atoms with Crippen molar-refractivity contribution < 1.29 is 9.59 Å². The lowest BCUT2D eigenvalue weighted by molar-refractivity contribution is -0.132. The average Bonchev–Trinajstić information content (AvgIpc) is 2.53. The highest BCUT2D eigenvalue weighted by Crippen LogP contribution is 2.18. The van der Waals surface area contributed by atoms with Gasteiger partial charge in [0, 0.05) is 37.7 Å². The molecular weight excluding hydrogens is 278 g/mol. The number of nitrogens with zero attached hydrogens (tertiary/aromatic N) is 1. The van der Waals surface area contributed by atoms with Gasteiger partial charge in [-0.3, -0.25) is 9.59 Å². The Morgan fingerprint density at radius 3 is 2.55 bits per heavy atom. The summed E-state index contributed by atoms with van der Waals surface area (Å²) in [5.41, 5.74) is 6.89. The summed E-state index contributed by atoms with van der Waals surface area (Å²) in [7, 11) is 0. The molecule has 0 radical (unpaired) electrons. The van der Waals surface area contributed by atoms with E-state index in [4.69, 9.17) is 5.73 Å². The Labute approximate surface area is 131 Å². The number of nitrogens with two attached hydrogens (primary N) is 1. The first-order valence-electron chi connectivity index (χ1n) is 7.91. The summed E-state index contributed by atoms with van der Waals surface area (Å²) >= 11 is 0. The molecule has 2 amide bonds. The second-order valence-electron chi connectivity index (χ2n) is 6.01. The maximum absolute atomic E-state index is 11.8.